The fourth-order valence-corrected chi connectivity index (χ4v) is 1.89. The monoisotopic (exact) mass is 197 g/mol. The molecule has 4 nitrogen and oxygen atoms in total. The number of nitrogens with zero attached hydrogens (tertiary/aromatic N) is 1. The van der Waals surface area contributed by atoms with Crippen LogP contribution in [0.15, 0.2) is 23.0 Å². The lowest BCUT2D eigenvalue weighted by Crippen LogP contribution is -2.21. The molecule has 2 N–H and O–H groups in total. The van der Waals surface area contributed by atoms with Gasteiger partial charge in [-0.05, 0) is 6.07 Å². The second-order valence-corrected chi connectivity index (χ2v) is 3.84. The van der Waals surface area contributed by atoms with Crippen molar-refractivity contribution in [3.63, 3.8) is 0 Å². The van der Waals surface area contributed by atoms with Gasteiger partial charge >= 0.3 is 0 Å². The van der Waals surface area contributed by atoms with Crippen LogP contribution >= 0.6 is 0 Å². The second-order valence-electron chi connectivity index (χ2n) is 3.84. The highest BCUT2D eigenvalue weighted by Gasteiger charge is 2.30. The minimum Gasteiger partial charge on any atom is -0.472 e. The van der Waals surface area contributed by atoms with Gasteiger partial charge in [-0.25, -0.2) is 0 Å². The molecule has 0 bridgehead atoms. The maximum absolute atomic E-state index is 9.56. The van der Waals surface area contributed by atoms with E-state index >= 15 is 0 Å². The second kappa shape index (κ2) is 4.13. The zero-order valence-electron chi connectivity index (χ0n) is 7.97. The molecule has 0 spiro atoms. The van der Waals surface area contributed by atoms with Gasteiger partial charge in [0, 0.05) is 37.7 Å². The molecule has 2 unspecified atom stereocenters. The molecule has 1 fully saturated rings. The van der Waals surface area contributed by atoms with E-state index in [9.17, 15) is 5.11 Å². The zero-order valence-corrected chi connectivity index (χ0v) is 7.97. The summed E-state index contributed by atoms with van der Waals surface area (Å²) in [7, 11) is 0. The Labute approximate surface area is 82.8 Å². The third-order valence-electron chi connectivity index (χ3n) is 2.70. The Hall–Kier alpha value is -0.840. The number of β-amino-alcohol motifs (C(OH)–C–C–N with tert-alkyl or cyclic N) is 1. The normalized spacial score (nSPS) is 28.4. The molecule has 0 saturated carbocycles. The Balaban J connectivity index is 1.89. The maximum atomic E-state index is 9.56. The summed E-state index contributed by atoms with van der Waals surface area (Å²) in [4.78, 5) is 2.12. The lowest BCUT2D eigenvalue weighted by molar-refractivity contribution is 0.103. The number of hydrogen-bond donors (Lipinski definition) is 2. The summed E-state index contributed by atoms with van der Waals surface area (Å²) >= 11 is 0. The van der Waals surface area contributed by atoms with E-state index in [0.29, 0.717) is 6.54 Å². The van der Waals surface area contributed by atoms with Crippen LogP contribution < -0.4 is 0 Å². The van der Waals surface area contributed by atoms with Crippen LogP contribution in [0.4, 0.5) is 0 Å². The third-order valence-corrected chi connectivity index (χ3v) is 2.70. The molecule has 0 aromatic carbocycles. The van der Waals surface area contributed by atoms with Crippen molar-refractivity contribution in [2.24, 2.45) is 5.92 Å². The van der Waals surface area contributed by atoms with Gasteiger partial charge < -0.3 is 14.6 Å². The number of aliphatic hydroxyl groups excluding tert-OH is 2. The predicted molar refractivity (Wildman–Crippen MR) is 50.6 cm³/mol. The van der Waals surface area contributed by atoms with Gasteiger partial charge in [-0.2, -0.15) is 0 Å². The summed E-state index contributed by atoms with van der Waals surface area (Å²) in [5.41, 5.74) is 1.11. The van der Waals surface area contributed by atoms with E-state index in [1.165, 1.54) is 0 Å². The number of hydrogen-bond acceptors (Lipinski definition) is 4. The van der Waals surface area contributed by atoms with Crippen LogP contribution in [0.1, 0.15) is 5.56 Å². The van der Waals surface area contributed by atoms with Crippen molar-refractivity contribution in [2.75, 3.05) is 19.7 Å². The average Bonchev–Trinajstić information content (AvgIpc) is 2.76. The molecule has 1 aromatic rings. The van der Waals surface area contributed by atoms with Crippen molar-refractivity contribution in [1.82, 2.24) is 4.90 Å². The van der Waals surface area contributed by atoms with Crippen molar-refractivity contribution in [3.05, 3.63) is 24.2 Å². The zero-order chi connectivity index (χ0) is 9.97. The van der Waals surface area contributed by atoms with Crippen LogP contribution in [0.2, 0.25) is 0 Å². The van der Waals surface area contributed by atoms with Crippen molar-refractivity contribution in [1.29, 1.82) is 0 Å². The fraction of sp³-hybridized carbons (Fsp3) is 0.600. The van der Waals surface area contributed by atoms with E-state index in [0.717, 1.165) is 18.7 Å². The number of furan rings is 1. The Kier molecular flexibility index (Phi) is 2.86. The first-order chi connectivity index (χ1) is 6.79. The molecular weight excluding hydrogens is 182 g/mol. The van der Waals surface area contributed by atoms with Crippen LogP contribution in [0, 0.1) is 5.92 Å². The standard InChI is InChI=1S/C10H15NO3/c12-6-9-4-11(5-10(9)13)3-8-1-2-14-7-8/h1-2,7,9-10,12-13H,3-6H2. The van der Waals surface area contributed by atoms with Gasteiger partial charge in [0.1, 0.15) is 0 Å². The van der Waals surface area contributed by atoms with Gasteiger partial charge in [0.15, 0.2) is 0 Å². The van der Waals surface area contributed by atoms with Gasteiger partial charge in [0.2, 0.25) is 0 Å². The average molecular weight is 197 g/mol. The first-order valence-electron chi connectivity index (χ1n) is 4.82. The first-order valence-corrected chi connectivity index (χ1v) is 4.82. The van der Waals surface area contributed by atoms with Gasteiger partial charge in [-0.1, -0.05) is 0 Å². The van der Waals surface area contributed by atoms with Gasteiger partial charge in [-0.3, -0.25) is 4.90 Å². The van der Waals surface area contributed by atoms with Crippen LogP contribution in [0.5, 0.6) is 0 Å². The van der Waals surface area contributed by atoms with E-state index in [1.807, 2.05) is 6.07 Å². The summed E-state index contributed by atoms with van der Waals surface area (Å²) in [6.45, 7) is 2.23. The Bertz CT molecular complexity index is 273. The molecule has 78 valence electrons. The van der Waals surface area contributed by atoms with E-state index in [1.54, 1.807) is 12.5 Å². The van der Waals surface area contributed by atoms with Crippen molar-refractivity contribution in [3.8, 4) is 0 Å². The van der Waals surface area contributed by atoms with Crippen LogP contribution in [-0.2, 0) is 6.54 Å². The first kappa shape index (κ1) is 9.71. The molecule has 2 rings (SSSR count). The molecule has 2 heterocycles. The highest BCUT2D eigenvalue weighted by molar-refractivity contribution is 5.05. The lowest BCUT2D eigenvalue weighted by atomic mass is 10.1. The Morgan fingerprint density at radius 3 is 2.93 bits per heavy atom. The minimum absolute atomic E-state index is 0.00176. The molecule has 0 aliphatic carbocycles. The summed E-state index contributed by atoms with van der Waals surface area (Å²) in [6, 6.07) is 1.92. The van der Waals surface area contributed by atoms with Crippen molar-refractivity contribution in [2.45, 2.75) is 12.6 Å². The van der Waals surface area contributed by atoms with E-state index in [4.69, 9.17) is 9.52 Å². The molecule has 0 amide bonds. The van der Waals surface area contributed by atoms with Crippen LogP contribution in [-0.4, -0.2) is 40.9 Å². The number of rotatable bonds is 3. The molecule has 1 aliphatic heterocycles. The molecule has 1 aromatic heterocycles. The van der Waals surface area contributed by atoms with Crippen LogP contribution in [0.3, 0.4) is 0 Å². The summed E-state index contributed by atoms with van der Waals surface area (Å²) < 4.78 is 4.97. The largest absolute Gasteiger partial charge is 0.472 e. The Morgan fingerprint density at radius 2 is 2.36 bits per heavy atom. The van der Waals surface area contributed by atoms with Crippen LogP contribution in [0.25, 0.3) is 0 Å². The van der Waals surface area contributed by atoms with Crippen molar-refractivity contribution < 1.29 is 14.6 Å². The third kappa shape index (κ3) is 1.97. The molecule has 0 radical (unpaired) electrons. The summed E-state index contributed by atoms with van der Waals surface area (Å²) in [5.74, 6) is 0.00176. The van der Waals surface area contributed by atoms with Gasteiger partial charge in [-0.15, -0.1) is 0 Å². The van der Waals surface area contributed by atoms with Crippen molar-refractivity contribution >= 4 is 0 Å². The SMILES string of the molecule is OCC1CN(Cc2ccoc2)CC1O. The van der Waals surface area contributed by atoms with Gasteiger partial charge in [0.25, 0.3) is 0 Å². The lowest BCUT2D eigenvalue weighted by Gasteiger charge is -2.13. The molecular formula is C10H15NO3. The highest BCUT2D eigenvalue weighted by Crippen LogP contribution is 2.18. The molecule has 14 heavy (non-hydrogen) atoms. The predicted octanol–water partition coefficient (Wildman–Crippen LogP) is 0.0646. The highest BCUT2D eigenvalue weighted by atomic mass is 16.3. The summed E-state index contributed by atoms with van der Waals surface area (Å²) in [5, 5.41) is 18.5. The number of likely N-dealkylation sites (tertiary alicyclic amines) is 1. The fourth-order valence-electron chi connectivity index (χ4n) is 1.89. The minimum atomic E-state index is -0.396. The molecule has 4 heteroatoms. The topological polar surface area (TPSA) is 56.8 Å². The number of aliphatic hydroxyl groups is 2. The maximum Gasteiger partial charge on any atom is 0.0947 e. The Morgan fingerprint density at radius 1 is 1.50 bits per heavy atom. The van der Waals surface area contributed by atoms with Gasteiger partial charge in [0.05, 0.1) is 18.6 Å². The smallest absolute Gasteiger partial charge is 0.0947 e. The van der Waals surface area contributed by atoms with E-state index in [-0.39, 0.29) is 12.5 Å². The summed E-state index contributed by atoms with van der Waals surface area (Å²) in [6.07, 6.45) is 2.95. The quantitative estimate of drug-likeness (QED) is 0.719. The molecule has 1 aliphatic rings. The molecule has 1 saturated heterocycles. The molecule has 2 atom stereocenters. The van der Waals surface area contributed by atoms with E-state index in [2.05, 4.69) is 4.90 Å². The van der Waals surface area contributed by atoms with E-state index < -0.39 is 6.10 Å².